The van der Waals surface area contributed by atoms with Crippen molar-refractivity contribution in [3.8, 4) is 22.5 Å². The van der Waals surface area contributed by atoms with Crippen LogP contribution in [-0.4, -0.2) is 29.2 Å². The molecule has 0 bridgehead atoms. The molecule has 2 heterocycles. The third-order valence-electron chi connectivity index (χ3n) is 5.08. The first-order valence-corrected chi connectivity index (χ1v) is 15.1. The highest BCUT2D eigenvalue weighted by molar-refractivity contribution is 9.10. The number of ether oxygens (including phenoxy) is 1. The molecule has 2 aromatic carbocycles. The fourth-order valence-electron chi connectivity index (χ4n) is 3.42. The van der Waals surface area contributed by atoms with Gasteiger partial charge in [-0.2, -0.15) is 0 Å². The van der Waals surface area contributed by atoms with Crippen molar-refractivity contribution in [2.24, 2.45) is 0 Å². The van der Waals surface area contributed by atoms with Gasteiger partial charge in [-0.1, -0.05) is 49.4 Å². The number of rotatable bonds is 7. The van der Waals surface area contributed by atoms with E-state index in [1.54, 1.807) is 0 Å². The van der Waals surface area contributed by atoms with Crippen LogP contribution in [0.5, 0.6) is 0 Å². The molecular weight excluding hydrogens is 490 g/mol. The number of hydrogen-bond acceptors (Lipinski definition) is 3. The topological polar surface area (TPSA) is 39.9 Å². The second kappa shape index (κ2) is 9.24. The van der Waals surface area contributed by atoms with Crippen LogP contribution in [0.1, 0.15) is 0 Å². The van der Waals surface area contributed by atoms with E-state index >= 15 is 0 Å². The lowest BCUT2D eigenvalue weighted by molar-refractivity contribution is 0.0882. The third-order valence-corrected chi connectivity index (χ3v) is 7.46. The van der Waals surface area contributed by atoms with Crippen molar-refractivity contribution in [2.45, 2.75) is 32.4 Å². The first kappa shape index (κ1) is 22.2. The second-order valence-corrected chi connectivity index (χ2v) is 15.8. The lowest BCUT2D eigenvalue weighted by atomic mass is 10.0. The van der Waals surface area contributed by atoms with Gasteiger partial charge in [0.2, 0.25) is 0 Å². The molecule has 0 amide bonds. The van der Waals surface area contributed by atoms with Crippen molar-refractivity contribution in [1.29, 1.82) is 0 Å². The van der Waals surface area contributed by atoms with Crippen molar-refractivity contribution in [3.63, 3.8) is 0 Å². The van der Waals surface area contributed by atoms with Gasteiger partial charge in [-0.15, -0.1) is 0 Å². The normalized spacial score (nSPS) is 11.9. The average molecular weight is 515 g/mol. The zero-order chi connectivity index (χ0) is 22.0. The first-order chi connectivity index (χ1) is 14.8. The summed E-state index contributed by atoms with van der Waals surface area (Å²) >= 11 is 9.83. The zero-order valence-corrected chi connectivity index (χ0v) is 21.2. The number of nitrogens with zero attached hydrogens (tertiary/aromatic N) is 3. The quantitative estimate of drug-likeness (QED) is 0.189. The predicted molar refractivity (Wildman–Crippen MR) is 135 cm³/mol. The lowest BCUT2D eigenvalue weighted by Crippen LogP contribution is -2.22. The highest BCUT2D eigenvalue weighted by atomic mass is 79.9. The second-order valence-electron chi connectivity index (χ2n) is 8.83. The van der Waals surface area contributed by atoms with E-state index in [9.17, 15) is 0 Å². The minimum absolute atomic E-state index is 0.458. The maximum atomic E-state index is 6.32. The van der Waals surface area contributed by atoms with Crippen LogP contribution in [0.3, 0.4) is 0 Å². The Hall–Kier alpha value is -1.99. The maximum Gasteiger partial charge on any atom is 0.124 e. The number of aromatic nitrogens is 3. The molecule has 0 unspecified atom stereocenters. The number of hydrogen-bond donors (Lipinski definition) is 0. The number of pyridine rings is 1. The van der Waals surface area contributed by atoms with Crippen molar-refractivity contribution < 1.29 is 4.74 Å². The Bertz CT molecular complexity index is 1220. The molecule has 0 saturated carbocycles. The van der Waals surface area contributed by atoms with E-state index in [1.807, 2.05) is 36.8 Å². The van der Waals surface area contributed by atoms with Crippen LogP contribution in [0.15, 0.2) is 65.5 Å². The molecule has 31 heavy (non-hydrogen) atoms. The van der Waals surface area contributed by atoms with E-state index in [2.05, 4.69) is 69.4 Å². The predicted octanol–water partition coefficient (Wildman–Crippen LogP) is 7.49. The van der Waals surface area contributed by atoms with Crippen LogP contribution in [-0.2, 0) is 11.5 Å². The van der Waals surface area contributed by atoms with Crippen molar-refractivity contribution in [2.75, 3.05) is 6.61 Å². The molecule has 4 rings (SSSR count). The minimum Gasteiger partial charge on any atom is -0.361 e. The molecule has 0 aliphatic carbocycles. The summed E-state index contributed by atoms with van der Waals surface area (Å²) in [6.07, 6.45) is 3.66. The molecule has 0 spiro atoms. The van der Waals surface area contributed by atoms with Crippen LogP contribution in [0.4, 0.5) is 0 Å². The number of imidazole rings is 1. The van der Waals surface area contributed by atoms with Gasteiger partial charge in [-0.25, -0.2) is 4.98 Å². The van der Waals surface area contributed by atoms with Gasteiger partial charge < -0.3 is 9.30 Å². The molecule has 0 radical (unpaired) electrons. The van der Waals surface area contributed by atoms with Crippen molar-refractivity contribution in [3.05, 3.63) is 70.6 Å². The molecule has 4 aromatic rings. The Morgan fingerprint density at radius 2 is 1.87 bits per heavy atom. The lowest BCUT2D eigenvalue weighted by Gasteiger charge is -2.16. The van der Waals surface area contributed by atoms with Crippen LogP contribution in [0.25, 0.3) is 33.4 Å². The van der Waals surface area contributed by atoms with Crippen LogP contribution in [0, 0.1) is 0 Å². The van der Waals surface area contributed by atoms with Gasteiger partial charge in [0, 0.05) is 46.9 Å². The highest BCUT2D eigenvalue weighted by Crippen LogP contribution is 2.34. The molecule has 4 nitrogen and oxygen atoms in total. The Kier molecular flexibility index (Phi) is 6.62. The van der Waals surface area contributed by atoms with E-state index in [4.69, 9.17) is 21.3 Å². The fourth-order valence-corrected chi connectivity index (χ4v) is 4.72. The van der Waals surface area contributed by atoms with Gasteiger partial charge in [0.05, 0.1) is 23.2 Å². The zero-order valence-electron chi connectivity index (χ0n) is 17.9. The van der Waals surface area contributed by atoms with Crippen molar-refractivity contribution >= 4 is 46.5 Å². The number of fused-ring (bicyclic) bond motifs is 1. The molecule has 0 aliphatic rings. The maximum absolute atomic E-state index is 6.32. The Morgan fingerprint density at radius 1 is 1.03 bits per heavy atom. The number of benzene rings is 2. The third kappa shape index (κ3) is 5.44. The molecule has 160 valence electrons. The monoisotopic (exact) mass is 513 g/mol. The van der Waals surface area contributed by atoms with Crippen LogP contribution >= 0.6 is 27.5 Å². The van der Waals surface area contributed by atoms with Crippen LogP contribution < -0.4 is 0 Å². The summed E-state index contributed by atoms with van der Waals surface area (Å²) in [6.45, 7) is 8.29. The van der Waals surface area contributed by atoms with E-state index < -0.39 is 8.07 Å². The molecular formula is C24H25BrClN3OSi. The minimum atomic E-state index is -1.14. The van der Waals surface area contributed by atoms with Gasteiger partial charge >= 0.3 is 0 Å². The molecule has 2 aromatic heterocycles. The molecule has 0 saturated heterocycles. The molecule has 0 fully saturated rings. The summed E-state index contributed by atoms with van der Waals surface area (Å²) < 4.78 is 9.05. The Balaban J connectivity index is 1.73. The van der Waals surface area contributed by atoms with Crippen LogP contribution in [0.2, 0.25) is 30.7 Å². The smallest absolute Gasteiger partial charge is 0.124 e. The SMILES string of the molecule is C[Si](C)(C)CCOCn1cnc(-c2ccc3ncc(Br)cc3c2)c1-c1cccc(Cl)c1. The molecule has 0 atom stereocenters. The van der Waals surface area contributed by atoms with Crippen molar-refractivity contribution in [1.82, 2.24) is 14.5 Å². The highest BCUT2D eigenvalue weighted by Gasteiger charge is 2.17. The molecule has 7 heteroatoms. The van der Waals surface area contributed by atoms with Gasteiger partial charge in [-0.3, -0.25) is 4.98 Å². The summed E-state index contributed by atoms with van der Waals surface area (Å²) in [4.78, 5) is 9.24. The van der Waals surface area contributed by atoms with Gasteiger partial charge in [0.25, 0.3) is 0 Å². The summed E-state index contributed by atoms with van der Waals surface area (Å²) in [5, 5.41) is 1.76. The van der Waals surface area contributed by atoms with E-state index in [0.717, 1.165) is 50.5 Å². The Morgan fingerprint density at radius 3 is 2.65 bits per heavy atom. The average Bonchev–Trinajstić information content (AvgIpc) is 3.14. The largest absolute Gasteiger partial charge is 0.361 e. The molecule has 0 aliphatic heterocycles. The summed E-state index contributed by atoms with van der Waals surface area (Å²) in [5.74, 6) is 0. The summed E-state index contributed by atoms with van der Waals surface area (Å²) in [6, 6.07) is 17.3. The molecule has 0 N–H and O–H groups in total. The van der Waals surface area contributed by atoms with Gasteiger partial charge in [-0.05, 0) is 52.3 Å². The van der Waals surface area contributed by atoms with E-state index in [0.29, 0.717) is 11.8 Å². The summed E-state index contributed by atoms with van der Waals surface area (Å²) in [7, 11) is -1.14. The first-order valence-electron chi connectivity index (χ1n) is 10.2. The Labute approximate surface area is 197 Å². The van der Waals surface area contributed by atoms with Gasteiger partial charge in [0.1, 0.15) is 6.73 Å². The fraction of sp³-hybridized carbons (Fsp3) is 0.250. The van der Waals surface area contributed by atoms with E-state index in [-0.39, 0.29) is 0 Å². The van der Waals surface area contributed by atoms with E-state index in [1.165, 1.54) is 0 Å². The number of halogens is 2. The standard InChI is InChI=1S/C24H25BrClN3OSi/c1-31(2,3)10-9-30-16-29-15-28-23(24(29)18-5-4-6-21(26)13-18)17-7-8-22-19(11-17)12-20(25)14-27-22/h4-8,11-15H,9-10,16H2,1-3H3. The summed E-state index contributed by atoms with van der Waals surface area (Å²) in [5.41, 5.74) is 4.89. The van der Waals surface area contributed by atoms with Gasteiger partial charge in [0.15, 0.2) is 0 Å².